The van der Waals surface area contributed by atoms with Crippen LogP contribution < -0.4 is 5.32 Å². The van der Waals surface area contributed by atoms with Crippen LogP contribution in [0.2, 0.25) is 0 Å². The third-order valence-electron chi connectivity index (χ3n) is 2.71. The molecular formula is C13H16BrN3. The van der Waals surface area contributed by atoms with Gasteiger partial charge in [0.05, 0.1) is 6.20 Å². The zero-order chi connectivity index (χ0) is 12.1. The number of H-pyrrole nitrogens is 1. The summed E-state index contributed by atoms with van der Waals surface area (Å²) in [6, 6.07) is 8.30. The highest BCUT2D eigenvalue weighted by Gasteiger charge is 2.07. The molecule has 0 amide bonds. The van der Waals surface area contributed by atoms with Crippen LogP contribution in [0.4, 0.5) is 0 Å². The van der Waals surface area contributed by atoms with Crippen molar-refractivity contribution in [3.05, 3.63) is 40.6 Å². The number of nitrogens with one attached hydrogen (secondary N) is 2. The Kier molecular flexibility index (Phi) is 4.34. The summed E-state index contributed by atoms with van der Waals surface area (Å²) in [5.41, 5.74) is 3.60. The molecule has 0 saturated carbocycles. The smallest absolute Gasteiger partial charge is 0.0568 e. The van der Waals surface area contributed by atoms with Crippen molar-refractivity contribution in [1.29, 1.82) is 0 Å². The van der Waals surface area contributed by atoms with Crippen LogP contribution in [0.15, 0.2) is 34.9 Å². The molecule has 1 aromatic carbocycles. The van der Waals surface area contributed by atoms with Crippen molar-refractivity contribution >= 4 is 15.9 Å². The summed E-state index contributed by atoms with van der Waals surface area (Å²) in [6.07, 6.45) is 4.03. The summed E-state index contributed by atoms with van der Waals surface area (Å²) < 4.78 is 1.09. The Morgan fingerprint density at radius 1 is 1.41 bits per heavy atom. The number of nitrogens with zero attached hydrogens (tertiary/aromatic N) is 1. The van der Waals surface area contributed by atoms with Crippen molar-refractivity contribution in [2.45, 2.75) is 12.8 Å². The number of aromatic amines is 1. The Labute approximate surface area is 110 Å². The molecule has 0 spiro atoms. The maximum atomic E-state index is 4.15. The van der Waals surface area contributed by atoms with Crippen molar-refractivity contribution in [2.75, 3.05) is 13.6 Å². The van der Waals surface area contributed by atoms with Crippen LogP contribution in [-0.4, -0.2) is 23.8 Å². The Morgan fingerprint density at radius 2 is 2.29 bits per heavy atom. The van der Waals surface area contributed by atoms with E-state index in [9.17, 15) is 0 Å². The molecule has 1 aromatic heterocycles. The quantitative estimate of drug-likeness (QED) is 0.832. The molecule has 0 radical (unpaired) electrons. The van der Waals surface area contributed by atoms with E-state index < -0.39 is 0 Å². The number of aryl methyl sites for hydroxylation is 1. The monoisotopic (exact) mass is 293 g/mol. The van der Waals surface area contributed by atoms with Gasteiger partial charge in [-0.1, -0.05) is 28.1 Å². The zero-order valence-corrected chi connectivity index (χ0v) is 11.4. The second-order valence-electron chi connectivity index (χ2n) is 3.98. The molecule has 0 aliphatic carbocycles. The van der Waals surface area contributed by atoms with Crippen LogP contribution in [0.3, 0.4) is 0 Å². The lowest BCUT2D eigenvalue weighted by Crippen LogP contribution is -2.08. The molecule has 90 valence electrons. The normalized spacial score (nSPS) is 10.7. The second kappa shape index (κ2) is 5.98. The first-order chi connectivity index (χ1) is 8.31. The SMILES string of the molecule is CNCCCc1[nH]ncc1-c1cccc(Br)c1. The Hall–Kier alpha value is -1.13. The van der Waals surface area contributed by atoms with Gasteiger partial charge in [0.2, 0.25) is 0 Å². The number of rotatable bonds is 5. The highest BCUT2D eigenvalue weighted by molar-refractivity contribution is 9.10. The van der Waals surface area contributed by atoms with E-state index in [1.54, 1.807) is 0 Å². The van der Waals surface area contributed by atoms with E-state index >= 15 is 0 Å². The van der Waals surface area contributed by atoms with Crippen LogP contribution in [0, 0.1) is 0 Å². The number of aromatic nitrogens is 2. The first kappa shape index (κ1) is 12.3. The first-order valence-electron chi connectivity index (χ1n) is 5.74. The molecule has 0 fully saturated rings. The molecule has 0 atom stereocenters. The molecular weight excluding hydrogens is 278 g/mol. The summed E-state index contributed by atoms with van der Waals surface area (Å²) in [6.45, 7) is 1.02. The van der Waals surface area contributed by atoms with Crippen molar-refractivity contribution in [1.82, 2.24) is 15.5 Å². The van der Waals surface area contributed by atoms with Gasteiger partial charge < -0.3 is 5.32 Å². The standard InChI is InChI=1S/C13H16BrN3/c1-15-7-3-6-13-12(9-16-17-13)10-4-2-5-11(14)8-10/h2,4-5,8-9,15H,3,6-7H2,1H3,(H,16,17). The minimum atomic E-state index is 1.02. The topological polar surface area (TPSA) is 40.7 Å². The molecule has 0 aliphatic rings. The van der Waals surface area contributed by atoms with E-state index in [1.165, 1.54) is 16.8 Å². The average Bonchev–Trinajstić information content (AvgIpc) is 2.78. The van der Waals surface area contributed by atoms with E-state index in [4.69, 9.17) is 0 Å². The lowest BCUT2D eigenvalue weighted by atomic mass is 10.0. The molecule has 0 bridgehead atoms. The Bertz CT molecular complexity index is 479. The zero-order valence-electron chi connectivity index (χ0n) is 9.83. The number of hydrogen-bond donors (Lipinski definition) is 2. The third-order valence-corrected chi connectivity index (χ3v) is 3.20. The predicted octanol–water partition coefficient (Wildman–Crippen LogP) is 2.99. The largest absolute Gasteiger partial charge is 0.320 e. The van der Waals surface area contributed by atoms with Gasteiger partial charge in [0, 0.05) is 15.7 Å². The number of hydrogen-bond acceptors (Lipinski definition) is 2. The van der Waals surface area contributed by atoms with Crippen LogP contribution in [0.1, 0.15) is 12.1 Å². The first-order valence-corrected chi connectivity index (χ1v) is 6.53. The fraction of sp³-hybridized carbons (Fsp3) is 0.308. The fourth-order valence-corrected chi connectivity index (χ4v) is 2.25. The number of benzene rings is 1. The molecule has 2 rings (SSSR count). The Balaban J connectivity index is 2.18. The van der Waals surface area contributed by atoms with Gasteiger partial charge in [-0.2, -0.15) is 5.10 Å². The lowest BCUT2D eigenvalue weighted by molar-refractivity contribution is 0.714. The van der Waals surface area contributed by atoms with Gasteiger partial charge in [-0.15, -0.1) is 0 Å². The van der Waals surface area contributed by atoms with E-state index in [-0.39, 0.29) is 0 Å². The van der Waals surface area contributed by atoms with Gasteiger partial charge >= 0.3 is 0 Å². The van der Waals surface area contributed by atoms with Gasteiger partial charge in [-0.3, -0.25) is 5.10 Å². The van der Waals surface area contributed by atoms with Crippen LogP contribution in [-0.2, 0) is 6.42 Å². The molecule has 0 unspecified atom stereocenters. The van der Waals surface area contributed by atoms with Crippen molar-refractivity contribution < 1.29 is 0 Å². The van der Waals surface area contributed by atoms with Crippen molar-refractivity contribution in [3.8, 4) is 11.1 Å². The van der Waals surface area contributed by atoms with Gasteiger partial charge in [0.15, 0.2) is 0 Å². The molecule has 0 saturated heterocycles. The van der Waals surface area contributed by atoms with Gasteiger partial charge in [-0.25, -0.2) is 0 Å². The predicted molar refractivity (Wildman–Crippen MR) is 74.0 cm³/mol. The van der Waals surface area contributed by atoms with Gasteiger partial charge in [0.1, 0.15) is 0 Å². The number of halogens is 1. The molecule has 3 nitrogen and oxygen atoms in total. The minimum Gasteiger partial charge on any atom is -0.320 e. The molecule has 2 N–H and O–H groups in total. The van der Waals surface area contributed by atoms with Gasteiger partial charge in [-0.05, 0) is 44.1 Å². The van der Waals surface area contributed by atoms with Crippen molar-refractivity contribution in [3.63, 3.8) is 0 Å². The fourth-order valence-electron chi connectivity index (χ4n) is 1.85. The summed E-state index contributed by atoms with van der Waals surface area (Å²) in [5.74, 6) is 0. The van der Waals surface area contributed by atoms with Gasteiger partial charge in [0.25, 0.3) is 0 Å². The summed E-state index contributed by atoms with van der Waals surface area (Å²) in [5, 5.41) is 10.4. The molecule has 1 heterocycles. The van der Waals surface area contributed by atoms with Crippen molar-refractivity contribution in [2.24, 2.45) is 0 Å². The van der Waals surface area contributed by atoms with E-state index in [0.717, 1.165) is 23.9 Å². The maximum absolute atomic E-state index is 4.15. The average molecular weight is 294 g/mol. The maximum Gasteiger partial charge on any atom is 0.0568 e. The van der Waals surface area contributed by atoms with Crippen LogP contribution >= 0.6 is 15.9 Å². The summed E-state index contributed by atoms with van der Waals surface area (Å²) in [4.78, 5) is 0. The summed E-state index contributed by atoms with van der Waals surface area (Å²) >= 11 is 3.50. The highest BCUT2D eigenvalue weighted by atomic mass is 79.9. The minimum absolute atomic E-state index is 1.02. The van der Waals surface area contributed by atoms with E-state index in [1.807, 2.05) is 25.4 Å². The molecule has 0 aliphatic heterocycles. The van der Waals surface area contributed by atoms with Crippen LogP contribution in [0.5, 0.6) is 0 Å². The lowest BCUT2D eigenvalue weighted by Gasteiger charge is -2.04. The Morgan fingerprint density at radius 3 is 3.06 bits per heavy atom. The highest BCUT2D eigenvalue weighted by Crippen LogP contribution is 2.25. The summed E-state index contributed by atoms with van der Waals surface area (Å²) in [7, 11) is 1.97. The molecule has 4 heteroatoms. The van der Waals surface area contributed by atoms with E-state index in [0.29, 0.717) is 0 Å². The third kappa shape index (κ3) is 3.17. The second-order valence-corrected chi connectivity index (χ2v) is 4.90. The van der Waals surface area contributed by atoms with Crippen LogP contribution in [0.25, 0.3) is 11.1 Å². The molecule has 2 aromatic rings. The van der Waals surface area contributed by atoms with E-state index in [2.05, 4.69) is 43.6 Å². The molecule has 17 heavy (non-hydrogen) atoms.